The summed E-state index contributed by atoms with van der Waals surface area (Å²) in [6.45, 7) is 3.43. The highest BCUT2D eigenvalue weighted by Crippen LogP contribution is 2.35. The summed E-state index contributed by atoms with van der Waals surface area (Å²) in [5.41, 5.74) is 1.86. The molecule has 1 atom stereocenters. The van der Waals surface area contributed by atoms with Crippen LogP contribution in [0.1, 0.15) is 36.2 Å². The van der Waals surface area contributed by atoms with Gasteiger partial charge in [0.1, 0.15) is 5.56 Å². The summed E-state index contributed by atoms with van der Waals surface area (Å²) < 4.78 is 13.5. The Hall–Kier alpha value is -1.37. The number of rotatable bonds is 4. The van der Waals surface area contributed by atoms with Crippen LogP contribution in [0.4, 0.5) is 0 Å². The van der Waals surface area contributed by atoms with Gasteiger partial charge in [-0.15, -0.1) is 0 Å². The van der Waals surface area contributed by atoms with Crippen LogP contribution < -0.4 is 0 Å². The lowest BCUT2D eigenvalue weighted by Crippen LogP contribution is -2.23. The van der Waals surface area contributed by atoms with Gasteiger partial charge in [0.15, 0.2) is 0 Å². The number of halogens is 2. The molecule has 0 amide bonds. The summed E-state index contributed by atoms with van der Waals surface area (Å²) in [6, 6.07) is 5.66. The summed E-state index contributed by atoms with van der Waals surface area (Å²) in [4.78, 5) is 12.4. The summed E-state index contributed by atoms with van der Waals surface area (Å²) in [5, 5.41) is 5.00. The largest absolute Gasteiger partial charge is 0.462 e. The Kier molecular flexibility index (Phi) is 5.58. The van der Waals surface area contributed by atoms with Gasteiger partial charge in [-0.2, -0.15) is 5.10 Å². The first-order valence-corrected chi connectivity index (χ1v) is 9.06. The molecule has 2 aromatic rings. The van der Waals surface area contributed by atoms with Crippen molar-refractivity contribution in [1.29, 1.82) is 0 Å². The first kappa shape index (κ1) is 17.5. The zero-order valence-electron chi connectivity index (χ0n) is 13.3. The number of carbonyl (C=O) groups excluding carboxylic acids is 1. The zero-order chi connectivity index (χ0) is 17.1. The lowest BCUT2D eigenvalue weighted by molar-refractivity contribution is 0.0520. The third-order valence-corrected chi connectivity index (χ3v) is 4.77. The van der Waals surface area contributed by atoms with Crippen molar-refractivity contribution in [2.24, 2.45) is 0 Å². The van der Waals surface area contributed by atoms with Crippen molar-refractivity contribution in [3.05, 3.63) is 39.5 Å². The van der Waals surface area contributed by atoms with E-state index in [4.69, 9.17) is 21.1 Å². The van der Waals surface area contributed by atoms with Gasteiger partial charge in [-0.3, -0.25) is 4.68 Å². The van der Waals surface area contributed by atoms with Gasteiger partial charge in [0.2, 0.25) is 0 Å². The SMILES string of the molecule is CCOC(=O)c1cnn(C2CCCOC2)c1-c1ccc(Br)cc1Cl. The molecule has 0 N–H and O–H groups in total. The number of benzene rings is 1. The fourth-order valence-electron chi connectivity index (χ4n) is 2.86. The van der Waals surface area contributed by atoms with Crippen LogP contribution in [-0.2, 0) is 9.47 Å². The van der Waals surface area contributed by atoms with E-state index in [1.807, 2.05) is 16.8 Å². The number of nitrogens with zero attached hydrogens (tertiary/aromatic N) is 2. The molecule has 1 aromatic carbocycles. The standard InChI is InChI=1S/C17H18BrClN2O3/c1-2-24-17(22)14-9-20-21(12-4-3-7-23-10-12)16(14)13-6-5-11(18)8-15(13)19/h5-6,8-9,12H,2-4,7,10H2,1H3. The molecule has 1 fully saturated rings. The first-order valence-electron chi connectivity index (χ1n) is 7.89. The van der Waals surface area contributed by atoms with Crippen molar-refractivity contribution in [1.82, 2.24) is 9.78 Å². The molecule has 0 bridgehead atoms. The van der Waals surface area contributed by atoms with E-state index in [0.29, 0.717) is 29.5 Å². The fraction of sp³-hybridized carbons (Fsp3) is 0.412. The van der Waals surface area contributed by atoms with Crippen molar-refractivity contribution >= 4 is 33.5 Å². The van der Waals surface area contributed by atoms with E-state index in [-0.39, 0.29) is 6.04 Å². The van der Waals surface area contributed by atoms with Crippen LogP contribution in [0.2, 0.25) is 5.02 Å². The Balaban J connectivity index is 2.11. The minimum absolute atomic E-state index is 0.0802. The molecule has 7 heteroatoms. The molecule has 1 unspecified atom stereocenters. The van der Waals surface area contributed by atoms with Crippen molar-refractivity contribution in [2.45, 2.75) is 25.8 Å². The Morgan fingerprint density at radius 2 is 2.38 bits per heavy atom. The molecule has 1 aromatic heterocycles. The zero-order valence-corrected chi connectivity index (χ0v) is 15.6. The van der Waals surface area contributed by atoms with Gasteiger partial charge in [0, 0.05) is 16.6 Å². The van der Waals surface area contributed by atoms with Crippen LogP contribution in [0.3, 0.4) is 0 Å². The molecule has 24 heavy (non-hydrogen) atoms. The van der Waals surface area contributed by atoms with Crippen LogP contribution in [0, 0.1) is 0 Å². The smallest absolute Gasteiger partial charge is 0.341 e. The number of ether oxygens (including phenoxy) is 2. The van der Waals surface area contributed by atoms with Crippen molar-refractivity contribution in [3.8, 4) is 11.3 Å². The van der Waals surface area contributed by atoms with Gasteiger partial charge < -0.3 is 9.47 Å². The average molecular weight is 414 g/mol. The van der Waals surface area contributed by atoms with Crippen LogP contribution >= 0.6 is 27.5 Å². The van der Waals surface area contributed by atoms with E-state index in [1.54, 1.807) is 19.2 Å². The van der Waals surface area contributed by atoms with Gasteiger partial charge in [-0.1, -0.05) is 33.6 Å². The Morgan fingerprint density at radius 3 is 3.04 bits per heavy atom. The molecule has 1 aliphatic heterocycles. The van der Waals surface area contributed by atoms with Gasteiger partial charge in [-0.05, 0) is 31.9 Å². The molecule has 5 nitrogen and oxygen atoms in total. The molecule has 0 aliphatic carbocycles. The molecule has 2 heterocycles. The van der Waals surface area contributed by atoms with E-state index >= 15 is 0 Å². The predicted molar refractivity (Wildman–Crippen MR) is 95.4 cm³/mol. The Bertz CT molecular complexity index is 741. The maximum absolute atomic E-state index is 12.4. The maximum atomic E-state index is 12.4. The minimum atomic E-state index is -0.394. The van der Waals surface area contributed by atoms with Crippen LogP contribution in [0.15, 0.2) is 28.9 Å². The quantitative estimate of drug-likeness (QED) is 0.693. The van der Waals surface area contributed by atoms with Crippen LogP contribution in [0.5, 0.6) is 0 Å². The second kappa shape index (κ2) is 7.68. The summed E-state index contributed by atoms with van der Waals surface area (Å²) in [7, 11) is 0. The molecule has 0 spiro atoms. The van der Waals surface area contributed by atoms with Gasteiger partial charge in [0.05, 0.1) is 36.2 Å². The molecule has 128 valence electrons. The van der Waals surface area contributed by atoms with E-state index in [9.17, 15) is 4.79 Å². The van der Waals surface area contributed by atoms with Crippen LogP contribution in [-0.4, -0.2) is 35.6 Å². The highest BCUT2D eigenvalue weighted by atomic mass is 79.9. The lowest BCUT2D eigenvalue weighted by atomic mass is 10.1. The Morgan fingerprint density at radius 1 is 1.54 bits per heavy atom. The average Bonchev–Trinajstić information content (AvgIpc) is 3.01. The Labute approximate surface area is 154 Å². The van der Waals surface area contributed by atoms with E-state index in [1.165, 1.54) is 0 Å². The maximum Gasteiger partial charge on any atom is 0.341 e. The monoisotopic (exact) mass is 412 g/mol. The van der Waals surface area contributed by atoms with E-state index in [2.05, 4.69) is 21.0 Å². The highest BCUT2D eigenvalue weighted by molar-refractivity contribution is 9.10. The predicted octanol–water partition coefficient (Wildman–Crippen LogP) is 4.49. The number of hydrogen-bond donors (Lipinski definition) is 0. The molecule has 1 saturated heterocycles. The molecule has 0 radical (unpaired) electrons. The second-order valence-electron chi connectivity index (χ2n) is 5.57. The third kappa shape index (κ3) is 3.50. The second-order valence-corrected chi connectivity index (χ2v) is 6.89. The first-order chi connectivity index (χ1) is 11.6. The number of carbonyl (C=O) groups is 1. The van der Waals surface area contributed by atoms with E-state index in [0.717, 1.165) is 29.5 Å². The normalized spacial score (nSPS) is 17.7. The number of esters is 1. The summed E-state index contributed by atoms with van der Waals surface area (Å²) in [6.07, 6.45) is 3.47. The topological polar surface area (TPSA) is 53.3 Å². The molecule has 3 rings (SSSR count). The number of hydrogen-bond acceptors (Lipinski definition) is 4. The lowest BCUT2D eigenvalue weighted by Gasteiger charge is -2.24. The minimum Gasteiger partial charge on any atom is -0.462 e. The molecular formula is C17H18BrClN2O3. The van der Waals surface area contributed by atoms with Crippen LogP contribution in [0.25, 0.3) is 11.3 Å². The fourth-order valence-corrected chi connectivity index (χ4v) is 3.63. The summed E-state index contributed by atoms with van der Waals surface area (Å²) >= 11 is 9.84. The van der Waals surface area contributed by atoms with Gasteiger partial charge in [0.25, 0.3) is 0 Å². The molecule has 1 aliphatic rings. The van der Waals surface area contributed by atoms with Crippen molar-refractivity contribution in [3.63, 3.8) is 0 Å². The van der Waals surface area contributed by atoms with Crippen molar-refractivity contribution < 1.29 is 14.3 Å². The molecular weight excluding hydrogens is 396 g/mol. The highest BCUT2D eigenvalue weighted by Gasteiger charge is 2.27. The third-order valence-electron chi connectivity index (χ3n) is 3.96. The van der Waals surface area contributed by atoms with Crippen molar-refractivity contribution in [2.75, 3.05) is 19.8 Å². The van der Waals surface area contributed by atoms with E-state index < -0.39 is 5.97 Å². The molecule has 0 saturated carbocycles. The van der Waals surface area contributed by atoms with Gasteiger partial charge in [-0.25, -0.2) is 4.79 Å². The summed E-state index contributed by atoms with van der Waals surface area (Å²) in [5.74, 6) is -0.394. The van der Waals surface area contributed by atoms with Gasteiger partial charge >= 0.3 is 5.97 Å². The number of aromatic nitrogens is 2.